The normalized spacial score (nSPS) is 13.1. The maximum atomic E-state index is 10.8. The zero-order valence-corrected chi connectivity index (χ0v) is 11.7. The largest absolute Gasteiger partial charge is 0.370 e. The van der Waals surface area contributed by atoms with Gasteiger partial charge >= 0.3 is 0 Å². The first-order chi connectivity index (χ1) is 8.47. The van der Waals surface area contributed by atoms with Gasteiger partial charge in [0, 0.05) is 30.1 Å². The lowest BCUT2D eigenvalue weighted by atomic mass is 10.2. The Morgan fingerprint density at radius 1 is 1.61 bits per heavy atom. The van der Waals surface area contributed by atoms with Gasteiger partial charge < -0.3 is 11.1 Å². The second-order valence-electron chi connectivity index (χ2n) is 4.59. The number of nitrogens with one attached hydrogen (secondary N) is 1. The molecule has 2 aromatic heterocycles. The fraction of sp³-hybridized carbons (Fsp3) is 0.500. The van der Waals surface area contributed by atoms with E-state index in [9.17, 15) is 4.79 Å². The molecule has 0 aromatic carbocycles. The van der Waals surface area contributed by atoms with Gasteiger partial charge in [-0.15, -0.1) is 11.3 Å². The van der Waals surface area contributed by atoms with E-state index in [0.717, 1.165) is 16.3 Å². The Balaban J connectivity index is 2.11. The van der Waals surface area contributed by atoms with Gasteiger partial charge in [0.1, 0.15) is 0 Å². The van der Waals surface area contributed by atoms with Crippen LogP contribution in [0.4, 0.5) is 0 Å². The van der Waals surface area contributed by atoms with Crippen LogP contribution in [0.1, 0.15) is 29.6 Å². The fourth-order valence-electron chi connectivity index (χ4n) is 1.97. The van der Waals surface area contributed by atoms with Crippen LogP contribution in [0, 0.1) is 13.8 Å². The van der Waals surface area contributed by atoms with Crippen molar-refractivity contribution in [1.82, 2.24) is 14.7 Å². The molecule has 0 radical (unpaired) electrons. The highest BCUT2D eigenvalue weighted by atomic mass is 32.1. The molecule has 6 heteroatoms. The van der Waals surface area contributed by atoms with E-state index in [-0.39, 0.29) is 11.9 Å². The van der Waals surface area contributed by atoms with Crippen molar-refractivity contribution in [3.8, 4) is 0 Å². The molecule has 18 heavy (non-hydrogen) atoms. The molecule has 5 nitrogen and oxygen atoms in total. The summed E-state index contributed by atoms with van der Waals surface area (Å²) in [5.74, 6) is -0.281. The summed E-state index contributed by atoms with van der Waals surface area (Å²) in [5, 5.41) is 3.30. The van der Waals surface area contributed by atoms with Crippen molar-refractivity contribution in [2.75, 3.05) is 0 Å². The topological polar surface area (TPSA) is 72.4 Å². The summed E-state index contributed by atoms with van der Waals surface area (Å²) in [6.45, 7) is 6.72. The van der Waals surface area contributed by atoms with Crippen LogP contribution >= 0.6 is 11.3 Å². The Morgan fingerprint density at radius 2 is 2.33 bits per heavy atom. The maximum Gasteiger partial charge on any atom is 0.218 e. The molecule has 0 aliphatic carbocycles. The van der Waals surface area contributed by atoms with Crippen LogP contribution in [0.5, 0.6) is 0 Å². The quantitative estimate of drug-likeness (QED) is 0.858. The molecule has 2 heterocycles. The molecule has 2 rings (SSSR count). The monoisotopic (exact) mass is 266 g/mol. The van der Waals surface area contributed by atoms with Crippen molar-refractivity contribution in [2.24, 2.45) is 5.73 Å². The minimum Gasteiger partial charge on any atom is -0.370 e. The Hall–Kier alpha value is -1.40. The minimum absolute atomic E-state index is 0.0761. The number of aryl methyl sites for hydroxylation is 2. The first kappa shape index (κ1) is 13.0. The predicted octanol–water partition coefficient (Wildman–Crippen LogP) is 1.37. The first-order valence-corrected chi connectivity index (χ1v) is 6.74. The highest BCUT2D eigenvalue weighted by molar-refractivity contribution is 7.17. The van der Waals surface area contributed by atoms with Gasteiger partial charge in [0.2, 0.25) is 5.91 Å². The Bertz CT molecular complexity index is 572. The minimum atomic E-state index is -0.281. The standard InChI is InChI=1S/C12H18N4OS/c1-7(4-11(13)17)14-5-10-9(3)15-12-16(10)6-8(2)18-12/h6-7,14H,4-5H2,1-3H3,(H2,13,17). The lowest BCUT2D eigenvalue weighted by molar-refractivity contribution is -0.118. The number of nitrogens with two attached hydrogens (primary N) is 1. The second kappa shape index (κ2) is 5.07. The SMILES string of the molecule is Cc1cn2c(CNC(C)CC(N)=O)c(C)nc2s1. The number of aromatic nitrogens is 2. The van der Waals surface area contributed by atoms with Crippen molar-refractivity contribution >= 4 is 22.2 Å². The van der Waals surface area contributed by atoms with Gasteiger partial charge in [-0.25, -0.2) is 4.98 Å². The van der Waals surface area contributed by atoms with Crippen LogP contribution in [0.15, 0.2) is 6.20 Å². The average Bonchev–Trinajstić information content (AvgIpc) is 2.70. The third-order valence-corrected chi connectivity index (χ3v) is 3.76. The van der Waals surface area contributed by atoms with Crippen LogP contribution < -0.4 is 11.1 Å². The molecule has 0 aliphatic rings. The number of imidazole rings is 1. The number of hydrogen-bond donors (Lipinski definition) is 2. The van der Waals surface area contributed by atoms with Crippen LogP contribution in [0.2, 0.25) is 0 Å². The molecule has 0 saturated carbocycles. The summed E-state index contributed by atoms with van der Waals surface area (Å²) in [5.41, 5.74) is 7.34. The highest BCUT2D eigenvalue weighted by Crippen LogP contribution is 2.20. The van der Waals surface area contributed by atoms with E-state index in [1.165, 1.54) is 4.88 Å². The second-order valence-corrected chi connectivity index (χ2v) is 5.80. The smallest absolute Gasteiger partial charge is 0.218 e. The maximum absolute atomic E-state index is 10.8. The lowest BCUT2D eigenvalue weighted by Gasteiger charge is -2.11. The molecule has 0 aliphatic heterocycles. The van der Waals surface area contributed by atoms with Crippen LogP contribution in [0.25, 0.3) is 4.96 Å². The molecule has 98 valence electrons. The van der Waals surface area contributed by atoms with Gasteiger partial charge in [-0.1, -0.05) is 0 Å². The number of fused-ring (bicyclic) bond motifs is 1. The summed E-state index contributed by atoms with van der Waals surface area (Å²) in [6.07, 6.45) is 2.44. The molecule has 0 saturated heterocycles. The van der Waals surface area contributed by atoms with Gasteiger partial charge in [0.05, 0.1) is 11.4 Å². The predicted molar refractivity (Wildman–Crippen MR) is 72.7 cm³/mol. The van der Waals surface area contributed by atoms with E-state index in [1.54, 1.807) is 11.3 Å². The molecule has 0 fully saturated rings. The van der Waals surface area contributed by atoms with Gasteiger partial charge in [-0.2, -0.15) is 0 Å². The van der Waals surface area contributed by atoms with Crippen molar-refractivity contribution in [2.45, 2.75) is 39.8 Å². The van der Waals surface area contributed by atoms with Gasteiger partial charge in [-0.05, 0) is 20.8 Å². The molecule has 1 atom stereocenters. The van der Waals surface area contributed by atoms with Crippen LogP contribution in [-0.2, 0) is 11.3 Å². The third kappa shape index (κ3) is 2.70. The molecule has 2 aromatic rings. The number of primary amides is 1. The summed E-state index contributed by atoms with van der Waals surface area (Å²) < 4.78 is 2.11. The summed E-state index contributed by atoms with van der Waals surface area (Å²) in [7, 11) is 0. The number of carbonyl (C=O) groups excluding carboxylic acids is 1. The Morgan fingerprint density at radius 3 is 3.00 bits per heavy atom. The highest BCUT2D eigenvalue weighted by Gasteiger charge is 2.12. The van der Waals surface area contributed by atoms with E-state index in [0.29, 0.717) is 13.0 Å². The number of carbonyl (C=O) groups is 1. The van der Waals surface area contributed by atoms with E-state index >= 15 is 0 Å². The molecular formula is C12H18N4OS. The first-order valence-electron chi connectivity index (χ1n) is 5.93. The van der Waals surface area contributed by atoms with Crippen molar-refractivity contribution in [3.05, 3.63) is 22.5 Å². The summed E-state index contributed by atoms with van der Waals surface area (Å²) in [6, 6.07) is 0.0761. The zero-order chi connectivity index (χ0) is 13.3. The molecule has 1 amide bonds. The van der Waals surface area contributed by atoms with Gasteiger partial charge in [-0.3, -0.25) is 9.20 Å². The van der Waals surface area contributed by atoms with Gasteiger partial charge in [0.15, 0.2) is 4.96 Å². The number of nitrogens with zero attached hydrogens (tertiary/aromatic N) is 2. The van der Waals surface area contributed by atoms with Crippen LogP contribution in [-0.4, -0.2) is 21.3 Å². The van der Waals surface area contributed by atoms with Crippen molar-refractivity contribution in [1.29, 1.82) is 0 Å². The molecular weight excluding hydrogens is 248 g/mol. The molecule has 1 unspecified atom stereocenters. The van der Waals surface area contributed by atoms with Crippen molar-refractivity contribution in [3.63, 3.8) is 0 Å². The number of thiazole rings is 1. The lowest BCUT2D eigenvalue weighted by Crippen LogP contribution is -2.31. The summed E-state index contributed by atoms with van der Waals surface area (Å²) in [4.78, 5) is 17.6. The Kier molecular flexibility index (Phi) is 3.68. The van der Waals surface area contributed by atoms with E-state index < -0.39 is 0 Å². The van der Waals surface area contributed by atoms with E-state index in [2.05, 4.69) is 27.8 Å². The summed E-state index contributed by atoms with van der Waals surface area (Å²) >= 11 is 1.68. The number of hydrogen-bond acceptors (Lipinski definition) is 4. The zero-order valence-electron chi connectivity index (χ0n) is 10.9. The van der Waals surface area contributed by atoms with Crippen LogP contribution in [0.3, 0.4) is 0 Å². The van der Waals surface area contributed by atoms with Crippen molar-refractivity contribution < 1.29 is 4.79 Å². The average molecular weight is 266 g/mol. The van der Waals surface area contributed by atoms with Gasteiger partial charge in [0.25, 0.3) is 0 Å². The van der Waals surface area contributed by atoms with E-state index in [1.807, 2.05) is 13.8 Å². The molecule has 0 bridgehead atoms. The molecule has 3 N–H and O–H groups in total. The van der Waals surface area contributed by atoms with E-state index in [4.69, 9.17) is 5.73 Å². The third-order valence-electron chi connectivity index (χ3n) is 2.87. The number of amides is 1. The Labute approximate surface area is 110 Å². The molecule has 0 spiro atoms. The number of rotatable bonds is 5. The fourth-order valence-corrected chi connectivity index (χ4v) is 2.86.